The fraction of sp³-hybridized carbons (Fsp3) is 0.538. The third-order valence-electron chi connectivity index (χ3n) is 2.65. The van der Waals surface area contributed by atoms with E-state index in [-0.39, 0.29) is 5.41 Å². The maximum Gasteiger partial charge on any atom is 0.131 e. The van der Waals surface area contributed by atoms with Gasteiger partial charge in [-0.1, -0.05) is 34.6 Å². The molecule has 3 heteroatoms. The Morgan fingerprint density at radius 2 is 1.88 bits per heavy atom. The smallest absolute Gasteiger partial charge is 0.131 e. The molecule has 0 unspecified atom stereocenters. The van der Waals surface area contributed by atoms with Crippen LogP contribution in [-0.4, -0.2) is 15.0 Å². The van der Waals surface area contributed by atoms with Crippen molar-refractivity contribution in [3.8, 4) is 0 Å². The van der Waals surface area contributed by atoms with Crippen molar-refractivity contribution >= 4 is 11.0 Å². The van der Waals surface area contributed by atoms with Crippen molar-refractivity contribution in [2.45, 2.75) is 46.0 Å². The van der Waals surface area contributed by atoms with Gasteiger partial charge in [-0.2, -0.15) is 0 Å². The molecule has 16 heavy (non-hydrogen) atoms. The summed E-state index contributed by atoms with van der Waals surface area (Å²) in [4.78, 5) is 12.5. The lowest BCUT2D eigenvalue weighted by Gasteiger charge is -2.20. The highest BCUT2D eigenvalue weighted by molar-refractivity contribution is 5.78. The molecule has 2 rings (SSSR count). The van der Waals surface area contributed by atoms with Crippen LogP contribution in [0, 0.1) is 0 Å². The number of fused-ring (bicyclic) bond motifs is 1. The lowest BCUT2D eigenvalue weighted by atomic mass is 9.91. The van der Waals surface area contributed by atoms with Gasteiger partial charge in [0.05, 0.1) is 16.7 Å². The van der Waals surface area contributed by atoms with Gasteiger partial charge in [-0.05, 0) is 6.07 Å². The van der Waals surface area contributed by atoms with Gasteiger partial charge in [0.2, 0.25) is 0 Å². The van der Waals surface area contributed by atoms with Gasteiger partial charge in [-0.3, -0.25) is 0 Å². The monoisotopic (exact) mass is 217 g/mol. The highest BCUT2D eigenvalue weighted by Gasteiger charge is 2.21. The van der Waals surface area contributed by atoms with E-state index in [1.165, 1.54) is 0 Å². The Morgan fingerprint density at radius 1 is 1.19 bits per heavy atom. The minimum atomic E-state index is 0.0374. The summed E-state index contributed by atoms with van der Waals surface area (Å²) in [6.07, 6.45) is 1.93. The average Bonchev–Trinajstić information content (AvgIpc) is 2.61. The van der Waals surface area contributed by atoms with Crippen molar-refractivity contribution in [1.29, 1.82) is 0 Å². The molecule has 0 radical (unpaired) electrons. The second-order valence-electron chi connectivity index (χ2n) is 5.57. The predicted molar refractivity (Wildman–Crippen MR) is 66.7 cm³/mol. The molecule has 1 N–H and O–H groups in total. The number of hydrogen-bond donors (Lipinski definition) is 1. The van der Waals surface area contributed by atoms with Gasteiger partial charge in [0.25, 0.3) is 0 Å². The molecule has 0 saturated carbocycles. The largest absolute Gasteiger partial charge is 0.358 e. The molecule has 2 aromatic rings. The Morgan fingerprint density at radius 3 is 2.44 bits per heavy atom. The molecule has 0 amide bonds. The Hall–Kier alpha value is -1.38. The zero-order valence-corrected chi connectivity index (χ0v) is 10.6. The lowest BCUT2D eigenvalue weighted by molar-refractivity contribution is 0.565. The number of H-pyrrole nitrogens is 1. The number of nitrogens with one attached hydrogen (secondary N) is 1. The van der Waals surface area contributed by atoms with E-state index in [9.17, 15) is 0 Å². The molecule has 0 aromatic carbocycles. The first-order valence-corrected chi connectivity index (χ1v) is 5.75. The molecule has 2 aromatic heterocycles. The summed E-state index contributed by atoms with van der Waals surface area (Å²) >= 11 is 0. The third-order valence-corrected chi connectivity index (χ3v) is 2.65. The highest BCUT2D eigenvalue weighted by atomic mass is 14.9. The third kappa shape index (κ3) is 1.82. The van der Waals surface area contributed by atoms with Gasteiger partial charge in [-0.25, -0.2) is 9.97 Å². The van der Waals surface area contributed by atoms with Gasteiger partial charge in [0.15, 0.2) is 0 Å². The maximum atomic E-state index is 4.70. The molecule has 0 saturated heterocycles. The second kappa shape index (κ2) is 3.58. The lowest BCUT2D eigenvalue weighted by Crippen LogP contribution is -2.16. The SMILES string of the molecule is CC(C)c1nc(C(C)(C)C)c2[nH]ccc2n1. The van der Waals surface area contributed by atoms with E-state index in [1.807, 2.05) is 12.3 Å². The van der Waals surface area contributed by atoms with Crippen LogP contribution in [0.3, 0.4) is 0 Å². The van der Waals surface area contributed by atoms with Crippen LogP contribution in [0.25, 0.3) is 11.0 Å². The van der Waals surface area contributed by atoms with Crippen molar-refractivity contribution in [2.75, 3.05) is 0 Å². The van der Waals surface area contributed by atoms with Crippen molar-refractivity contribution in [1.82, 2.24) is 15.0 Å². The molecular formula is C13H19N3. The van der Waals surface area contributed by atoms with Crippen molar-refractivity contribution < 1.29 is 0 Å². The summed E-state index contributed by atoms with van der Waals surface area (Å²) in [5, 5.41) is 0. The zero-order valence-electron chi connectivity index (χ0n) is 10.6. The van der Waals surface area contributed by atoms with Crippen LogP contribution in [0.15, 0.2) is 12.3 Å². The summed E-state index contributed by atoms with van der Waals surface area (Å²) in [6, 6.07) is 2.01. The number of rotatable bonds is 1. The predicted octanol–water partition coefficient (Wildman–Crippen LogP) is 3.38. The summed E-state index contributed by atoms with van der Waals surface area (Å²) in [7, 11) is 0. The molecular weight excluding hydrogens is 198 g/mol. The highest BCUT2D eigenvalue weighted by Crippen LogP contribution is 2.27. The molecule has 0 fully saturated rings. The zero-order chi connectivity index (χ0) is 11.9. The molecule has 86 valence electrons. The summed E-state index contributed by atoms with van der Waals surface area (Å²) in [6.45, 7) is 10.8. The van der Waals surface area contributed by atoms with Crippen LogP contribution in [0.5, 0.6) is 0 Å². The van der Waals surface area contributed by atoms with E-state index in [0.717, 1.165) is 22.6 Å². The molecule has 0 aliphatic carbocycles. The summed E-state index contributed by atoms with van der Waals surface area (Å²) in [5.41, 5.74) is 3.22. The number of aromatic nitrogens is 3. The molecule has 0 atom stereocenters. The van der Waals surface area contributed by atoms with Gasteiger partial charge in [-0.15, -0.1) is 0 Å². The van der Waals surface area contributed by atoms with Gasteiger partial charge in [0.1, 0.15) is 5.82 Å². The fourth-order valence-corrected chi connectivity index (χ4v) is 1.76. The first kappa shape index (κ1) is 11.1. The molecule has 0 aliphatic heterocycles. The first-order chi connectivity index (χ1) is 7.39. The summed E-state index contributed by atoms with van der Waals surface area (Å²) < 4.78 is 0. The van der Waals surface area contributed by atoms with Crippen molar-refractivity contribution in [3.05, 3.63) is 23.8 Å². The van der Waals surface area contributed by atoms with Crippen LogP contribution in [-0.2, 0) is 5.41 Å². The van der Waals surface area contributed by atoms with E-state index in [2.05, 4.69) is 44.6 Å². The number of hydrogen-bond acceptors (Lipinski definition) is 2. The van der Waals surface area contributed by atoms with Crippen LogP contribution in [0.1, 0.15) is 52.1 Å². The fourth-order valence-electron chi connectivity index (χ4n) is 1.76. The quantitative estimate of drug-likeness (QED) is 0.795. The Balaban J connectivity index is 2.74. The Labute approximate surface area is 96.3 Å². The van der Waals surface area contributed by atoms with E-state index in [4.69, 9.17) is 4.98 Å². The van der Waals surface area contributed by atoms with Crippen molar-refractivity contribution in [2.24, 2.45) is 0 Å². The molecule has 3 nitrogen and oxygen atoms in total. The minimum absolute atomic E-state index is 0.0374. The van der Waals surface area contributed by atoms with Crippen LogP contribution >= 0.6 is 0 Å². The van der Waals surface area contributed by atoms with Crippen molar-refractivity contribution in [3.63, 3.8) is 0 Å². The molecule has 0 spiro atoms. The number of nitrogens with zero attached hydrogens (tertiary/aromatic N) is 2. The van der Waals surface area contributed by atoms with Gasteiger partial charge < -0.3 is 4.98 Å². The number of aromatic amines is 1. The first-order valence-electron chi connectivity index (χ1n) is 5.75. The van der Waals surface area contributed by atoms with Crippen LogP contribution < -0.4 is 0 Å². The van der Waals surface area contributed by atoms with E-state index in [0.29, 0.717) is 5.92 Å². The van der Waals surface area contributed by atoms with Crippen LogP contribution in [0.2, 0.25) is 0 Å². The summed E-state index contributed by atoms with van der Waals surface area (Å²) in [5.74, 6) is 1.29. The standard InChI is InChI=1S/C13H19N3/c1-8(2)12-15-9-6-7-14-10(9)11(16-12)13(3,4)5/h6-8,14H,1-5H3. The average molecular weight is 217 g/mol. The van der Waals surface area contributed by atoms with Gasteiger partial charge in [0, 0.05) is 17.5 Å². The topological polar surface area (TPSA) is 41.6 Å². The van der Waals surface area contributed by atoms with Crippen LogP contribution in [0.4, 0.5) is 0 Å². The van der Waals surface area contributed by atoms with E-state index >= 15 is 0 Å². The van der Waals surface area contributed by atoms with Gasteiger partial charge >= 0.3 is 0 Å². The molecule has 0 aliphatic rings. The normalized spacial score (nSPS) is 12.6. The Bertz CT molecular complexity index is 503. The molecule has 2 heterocycles. The Kier molecular flexibility index (Phi) is 2.49. The second-order valence-corrected chi connectivity index (χ2v) is 5.57. The minimum Gasteiger partial charge on any atom is -0.358 e. The maximum absolute atomic E-state index is 4.70. The van der Waals surface area contributed by atoms with E-state index < -0.39 is 0 Å². The molecule has 0 bridgehead atoms. The van der Waals surface area contributed by atoms with E-state index in [1.54, 1.807) is 0 Å².